The monoisotopic (exact) mass is 497 g/mol. The van der Waals surface area contributed by atoms with E-state index in [9.17, 15) is 9.50 Å². The Balaban J connectivity index is 1.69. The number of hydrogen-bond donors (Lipinski definition) is 1. The van der Waals surface area contributed by atoms with E-state index >= 15 is 0 Å². The summed E-state index contributed by atoms with van der Waals surface area (Å²) in [5, 5.41) is 15.5. The Morgan fingerprint density at radius 2 is 2.03 bits per heavy atom. The van der Waals surface area contributed by atoms with Gasteiger partial charge in [0.15, 0.2) is 0 Å². The van der Waals surface area contributed by atoms with Crippen LogP contribution in [0.1, 0.15) is 37.9 Å². The topological polar surface area (TPSA) is 69.0 Å². The predicted octanol–water partition coefficient (Wildman–Crippen LogP) is 4.74. The number of aliphatic hydroxyl groups is 1. The Kier molecular flexibility index (Phi) is 9.47. The molecule has 0 saturated carbocycles. The van der Waals surface area contributed by atoms with Gasteiger partial charge >= 0.3 is 0 Å². The third-order valence-electron chi connectivity index (χ3n) is 6.22. The van der Waals surface area contributed by atoms with Gasteiger partial charge in [0.25, 0.3) is 0 Å². The highest BCUT2D eigenvalue weighted by Crippen LogP contribution is 2.33. The molecule has 0 bridgehead atoms. The maximum absolute atomic E-state index is 14.0. The summed E-state index contributed by atoms with van der Waals surface area (Å²) in [4.78, 5) is 2.18. The van der Waals surface area contributed by atoms with Crippen LogP contribution in [0.15, 0.2) is 54.6 Å². The van der Waals surface area contributed by atoms with Crippen molar-refractivity contribution in [3.63, 3.8) is 0 Å². The van der Waals surface area contributed by atoms with Crippen molar-refractivity contribution in [2.75, 3.05) is 32.9 Å². The van der Waals surface area contributed by atoms with E-state index in [0.717, 1.165) is 36.4 Å². The first kappa shape index (κ1) is 26.3. The normalized spacial score (nSPS) is 16.5. The van der Waals surface area contributed by atoms with Gasteiger partial charge in [-0.15, -0.1) is 0 Å². The molecule has 2 unspecified atom stereocenters. The van der Waals surface area contributed by atoms with Crippen molar-refractivity contribution in [2.24, 2.45) is 0 Å². The largest absolute Gasteiger partial charge is 0.438 e. The van der Waals surface area contributed by atoms with Crippen molar-refractivity contribution in [2.45, 2.75) is 51.9 Å². The van der Waals surface area contributed by atoms with Gasteiger partial charge in [-0.2, -0.15) is 5.10 Å². The molecular weight excluding hydrogens is 461 g/mol. The van der Waals surface area contributed by atoms with E-state index in [0.29, 0.717) is 44.3 Å². The Hall–Kier alpha value is -2.78. The van der Waals surface area contributed by atoms with E-state index < -0.39 is 6.10 Å². The average molecular weight is 498 g/mol. The molecule has 36 heavy (non-hydrogen) atoms. The number of hydrogen-bond acceptors (Lipinski definition) is 6. The minimum atomic E-state index is -0.631. The van der Waals surface area contributed by atoms with Crippen LogP contribution in [0.2, 0.25) is 0 Å². The van der Waals surface area contributed by atoms with Gasteiger partial charge in [0.1, 0.15) is 11.6 Å². The van der Waals surface area contributed by atoms with Gasteiger partial charge in [-0.05, 0) is 50.5 Å². The Bertz CT molecular complexity index is 1090. The van der Waals surface area contributed by atoms with Crippen LogP contribution in [0.25, 0.3) is 5.69 Å². The van der Waals surface area contributed by atoms with Gasteiger partial charge in [-0.3, -0.25) is 4.90 Å². The van der Waals surface area contributed by atoms with Crippen LogP contribution in [0.3, 0.4) is 0 Å². The first-order chi connectivity index (χ1) is 17.6. The van der Waals surface area contributed by atoms with E-state index in [1.165, 1.54) is 12.1 Å². The first-order valence-electron chi connectivity index (χ1n) is 12.8. The number of rotatable bonds is 13. The number of aromatic nitrogens is 2. The van der Waals surface area contributed by atoms with Gasteiger partial charge in [-0.1, -0.05) is 31.2 Å². The summed E-state index contributed by atoms with van der Waals surface area (Å²) in [6.45, 7) is 7.18. The predicted molar refractivity (Wildman–Crippen MR) is 136 cm³/mol. The second-order valence-corrected chi connectivity index (χ2v) is 9.03. The SMILES string of the molecule is CCOCC(O)CN(Cc1c(CC)nn(-c2ccccc2)c1Oc1cccc(F)c1)CC1CCCO1. The fraction of sp³-hybridized carbons (Fsp3) is 0.464. The number of nitrogens with zero attached hydrogens (tertiary/aromatic N) is 3. The highest BCUT2D eigenvalue weighted by molar-refractivity contribution is 5.43. The van der Waals surface area contributed by atoms with Crippen LogP contribution in [0, 0.1) is 5.82 Å². The van der Waals surface area contributed by atoms with Gasteiger partial charge in [0.2, 0.25) is 5.88 Å². The minimum absolute atomic E-state index is 0.117. The zero-order valence-electron chi connectivity index (χ0n) is 21.1. The van der Waals surface area contributed by atoms with E-state index in [4.69, 9.17) is 19.3 Å². The second kappa shape index (κ2) is 13.0. The highest BCUT2D eigenvalue weighted by Gasteiger charge is 2.26. The summed E-state index contributed by atoms with van der Waals surface area (Å²) in [5.74, 6) is 0.577. The highest BCUT2D eigenvalue weighted by atomic mass is 19.1. The number of aliphatic hydroxyl groups excluding tert-OH is 1. The Morgan fingerprint density at radius 1 is 1.19 bits per heavy atom. The van der Waals surface area contributed by atoms with Crippen molar-refractivity contribution >= 4 is 0 Å². The summed E-state index contributed by atoms with van der Waals surface area (Å²) in [5.41, 5.74) is 2.65. The van der Waals surface area contributed by atoms with Crippen LogP contribution in [-0.4, -0.2) is 64.9 Å². The fourth-order valence-corrected chi connectivity index (χ4v) is 4.52. The average Bonchev–Trinajstić information content (AvgIpc) is 3.51. The lowest BCUT2D eigenvalue weighted by Gasteiger charge is -2.27. The molecule has 194 valence electrons. The van der Waals surface area contributed by atoms with E-state index in [-0.39, 0.29) is 18.5 Å². The van der Waals surface area contributed by atoms with Crippen LogP contribution >= 0.6 is 0 Å². The van der Waals surface area contributed by atoms with Crippen molar-refractivity contribution in [3.8, 4) is 17.3 Å². The molecule has 0 aliphatic carbocycles. The van der Waals surface area contributed by atoms with Crippen molar-refractivity contribution in [1.29, 1.82) is 0 Å². The van der Waals surface area contributed by atoms with Gasteiger partial charge in [0, 0.05) is 38.9 Å². The molecule has 0 radical (unpaired) electrons. The molecule has 2 aromatic carbocycles. The zero-order valence-corrected chi connectivity index (χ0v) is 21.1. The number of aryl methyl sites for hydroxylation is 1. The van der Waals surface area contributed by atoms with Crippen LogP contribution in [0.4, 0.5) is 4.39 Å². The summed E-state index contributed by atoms with van der Waals surface area (Å²) in [6.07, 6.45) is 2.22. The number of benzene rings is 2. The summed E-state index contributed by atoms with van der Waals surface area (Å²) in [6, 6.07) is 15.9. The van der Waals surface area contributed by atoms with Crippen LogP contribution < -0.4 is 4.74 Å². The van der Waals surface area contributed by atoms with Crippen LogP contribution in [0.5, 0.6) is 11.6 Å². The van der Waals surface area contributed by atoms with E-state index in [1.54, 1.807) is 16.8 Å². The number of halogens is 1. The second-order valence-electron chi connectivity index (χ2n) is 9.03. The molecule has 1 aromatic heterocycles. The molecular formula is C28H36FN3O4. The van der Waals surface area contributed by atoms with E-state index in [1.807, 2.05) is 37.3 Å². The van der Waals surface area contributed by atoms with Crippen molar-refractivity contribution in [1.82, 2.24) is 14.7 Å². The lowest BCUT2D eigenvalue weighted by atomic mass is 10.1. The smallest absolute Gasteiger partial charge is 0.227 e. The molecule has 2 heterocycles. The molecule has 1 saturated heterocycles. The standard InChI is InChI=1S/C28H36FN3O4/c1-3-27-26(19-31(17-23(33)20-34-4-2)18-25-14-9-15-35-25)28(36-24-13-8-10-21(29)16-24)32(30-27)22-11-6-5-7-12-22/h5-8,10-13,16,23,25,33H,3-4,9,14-15,17-20H2,1-2H3. The molecule has 1 fully saturated rings. The Morgan fingerprint density at radius 3 is 2.72 bits per heavy atom. The molecule has 4 rings (SSSR count). The maximum atomic E-state index is 14.0. The molecule has 1 N–H and O–H groups in total. The van der Waals surface area contributed by atoms with Crippen LogP contribution in [-0.2, 0) is 22.4 Å². The van der Waals surface area contributed by atoms with Gasteiger partial charge in [-0.25, -0.2) is 9.07 Å². The molecule has 0 spiro atoms. The van der Waals surface area contributed by atoms with Crippen molar-refractivity contribution in [3.05, 3.63) is 71.7 Å². The third-order valence-corrected chi connectivity index (χ3v) is 6.22. The van der Waals surface area contributed by atoms with Crippen molar-refractivity contribution < 1.29 is 23.7 Å². The zero-order chi connectivity index (χ0) is 25.3. The molecule has 8 heteroatoms. The summed E-state index contributed by atoms with van der Waals surface area (Å²) >= 11 is 0. The number of ether oxygens (including phenoxy) is 3. The first-order valence-corrected chi connectivity index (χ1v) is 12.8. The maximum Gasteiger partial charge on any atom is 0.227 e. The molecule has 3 aromatic rings. The minimum Gasteiger partial charge on any atom is -0.438 e. The summed E-state index contributed by atoms with van der Waals surface area (Å²) in [7, 11) is 0. The van der Waals surface area contributed by atoms with Gasteiger partial charge < -0.3 is 19.3 Å². The fourth-order valence-electron chi connectivity index (χ4n) is 4.52. The molecule has 2 atom stereocenters. The summed E-state index contributed by atoms with van der Waals surface area (Å²) < 4.78 is 33.4. The molecule has 1 aliphatic rings. The van der Waals surface area contributed by atoms with Gasteiger partial charge in [0.05, 0.1) is 35.8 Å². The lowest BCUT2D eigenvalue weighted by Crippen LogP contribution is -2.39. The van der Waals surface area contributed by atoms with E-state index in [2.05, 4.69) is 11.8 Å². The lowest BCUT2D eigenvalue weighted by molar-refractivity contribution is 0.00496. The Labute approximate surface area is 212 Å². The molecule has 7 nitrogen and oxygen atoms in total. The number of para-hydroxylation sites is 1. The molecule has 1 aliphatic heterocycles. The third kappa shape index (κ3) is 6.91. The quantitative estimate of drug-likeness (QED) is 0.368. The molecule has 0 amide bonds.